The minimum atomic E-state index is -0.197. The van der Waals surface area contributed by atoms with Gasteiger partial charge in [-0.25, -0.2) is 0 Å². The summed E-state index contributed by atoms with van der Waals surface area (Å²) in [4.78, 5) is 16.3. The first kappa shape index (κ1) is 13.5. The van der Waals surface area contributed by atoms with Gasteiger partial charge in [0.2, 0.25) is 0 Å². The molecule has 1 aliphatic carbocycles. The molecule has 1 N–H and O–H groups in total. The number of hydrogen-bond acceptors (Lipinski definition) is 5. The zero-order valence-electron chi connectivity index (χ0n) is 11.8. The molecule has 1 saturated carbocycles. The van der Waals surface area contributed by atoms with Crippen LogP contribution in [-0.4, -0.2) is 74.6 Å². The summed E-state index contributed by atoms with van der Waals surface area (Å²) in [6.45, 7) is 3.74. The number of β-amino-alcohol motifs (C(OH)–C–C–N with tert-alkyl or cyclic N) is 1. The lowest BCUT2D eigenvalue weighted by atomic mass is 10.2. The molecule has 1 aromatic heterocycles. The Morgan fingerprint density at radius 2 is 2.10 bits per heavy atom. The number of aromatic nitrogens is 3. The Kier molecular flexibility index (Phi) is 3.71. The normalized spacial score (nSPS) is 22.0. The van der Waals surface area contributed by atoms with Crippen molar-refractivity contribution < 1.29 is 9.90 Å². The highest BCUT2D eigenvalue weighted by Crippen LogP contribution is 2.32. The van der Waals surface area contributed by atoms with Crippen LogP contribution in [0.2, 0.25) is 0 Å². The second kappa shape index (κ2) is 5.49. The summed E-state index contributed by atoms with van der Waals surface area (Å²) in [5, 5.41) is 17.6. The number of rotatable bonds is 4. The first-order valence-electron chi connectivity index (χ1n) is 7.19. The summed E-state index contributed by atoms with van der Waals surface area (Å²) >= 11 is 0. The molecule has 0 spiro atoms. The van der Waals surface area contributed by atoms with E-state index in [0.29, 0.717) is 24.7 Å². The molecule has 7 heteroatoms. The Morgan fingerprint density at radius 3 is 2.65 bits per heavy atom. The second-order valence-corrected chi connectivity index (χ2v) is 5.78. The van der Waals surface area contributed by atoms with Crippen molar-refractivity contribution in [3.63, 3.8) is 0 Å². The number of amides is 1. The fourth-order valence-corrected chi connectivity index (χ4v) is 2.64. The van der Waals surface area contributed by atoms with Crippen molar-refractivity contribution in [1.82, 2.24) is 24.8 Å². The van der Waals surface area contributed by atoms with Gasteiger partial charge in [0.15, 0.2) is 5.69 Å². The molecular weight excluding hydrogens is 258 g/mol. The van der Waals surface area contributed by atoms with Crippen molar-refractivity contribution in [3.05, 3.63) is 11.9 Å². The standard InChI is InChI=1S/C13H21N5O2/c1-16-8-11(14-15-16)13(20)18-6-4-17(5-7-18)9-12(19)10-2-3-10/h8,10,12,19H,2-7,9H2,1H3/t12-/m0/s1. The topological polar surface area (TPSA) is 74.5 Å². The molecule has 0 aromatic carbocycles. The Hall–Kier alpha value is -1.47. The van der Waals surface area contributed by atoms with Gasteiger partial charge in [-0.3, -0.25) is 14.4 Å². The van der Waals surface area contributed by atoms with E-state index in [9.17, 15) is 9.90 Å². The zero-order chi connectivity index (χ0) is 14.1. The van der Waals surface area contributed by atoms with Crippen molar-refractivity contribution in [2.75, 3.05) is 32.7 Å². The van der Waals surface area contributed by atoms with Crippen LogP contribution >= 0.6 is 0 Å². The molecule has 2 heterocycles. The fourth-order valence-electron chi connectivity index (χ4n) is 2.64. The summed E-state index contributed by atoms with van der Waals surface area (Å²) in [5.74, 6) is 0.453. The van der Waals surface area contributed by atoms with Gasteiger partial charge >= 0.3 is 0 Å². The molecule has 1 aromatic rings. The first-order valence-corrected chi connectivity index (χ1v) is 7.19. The number of nitrogens with zero attached hydrogens (tertiary/aromatic N) is 5. The molecule has 0 unspecified atom stereocenters. The summed E-state index contributed by atoms with van der Waals surface area (Å²) < 4.78 is 1.54. The van der Waals surface area contributed by atoms with Crippen LogP contribution in [-0.2, 0) is 7.05 Å². The van der Waals surface area contributed by atoms with E-state index in [1.165, 1.54) is 4.68 Å². The Balaban J connectivity index is 1.49. The number of aliphatic hydroxyl groups excluding tert-OH is 1. The van der Waals surface area contributed by atoms with Crippen molar-refractivity contribution >= 4 is 5.91 Å². The van der Waals surface area contributed by atoms with E-state index in [-0.39, 0.29) is 12.0 Å². The lowest BCUT2D eigenvalue weighted by molar-refractivity contribution is 0.0484. The van der Waals surface area contributed by atoms with Crippen LogP contribution < -0.4 is 0 Å². The van der Waals surface area contributed by atoms with Crippen molar-refractivity contribution in [2.45, 2.75) is 18.9 Å². The van der Waals surface area contributed by atoms with Crippen LogP contribution in [0.25, 0.3) is 0 Å². The third-order valence-corrected chi connectivity index (χ3v) is 4.09. The number of piperazine rings is 1. The van der Waals surface area contributed by atoms with Crippen LogP contribution in [0.5, 0.6) is 0 Å². The Bertz CT molecular complexity index is 477. The third kappa shape index (κ3) is 2.99. The van der Waals surface area contributed by atoms with E-state index >= 15 is 0 Å². The molecule has 2 aliphatic rings. The minimum Gasteiger partial charge on any atom is -0.392 e. The molecule has 0 radical (unpaired) electrons. The predicted molar refractivity (Wildman–Crippen MR) is 72.1 cm³/mol. The molecule has 1 saturated heterocycles. The lowest BCUT2D eigenvalue weighted by Crippen LogP contribution is -2.50. The highest BCUT2D eigenvalue weighted by molar-refractivity contribution is 5.92. The largest absolute Gasteiger partial charge is 0.392 e. The molecule has 20 heavy (non-hydrogen) atoms. The predicted octanol–water partition coefficient (Wildman–Crippen LogP) is -0.656. The molecule has 3 rings (SSSR count). The Labute approximate surface area is 118 Å². The van der Waals surface area contributed by atoms with Gasteiger partial charge in [-0.15, -0.1) is 5.10 Å². The maximum absolute atomic E-state index is 12.2. The van der Waals surface area contributed by atoms with Gasteiger partial charge in [-0.1, -0.05) is 5.21 Å². The van der Waals surface area contributed by atoms with Crippen molar-refractivity contribution in [1.29, 1.82) is 0 Å². The van der Waals surface area contributed by atoms with E-state index in [4.69, 9.17) is 0 Å². The molecular formula is C13H21N5O2. The van der Waals surface area contributed by atoms with E-state index in [1.807, 2.05) is 4.90 Å². The number of aliphatic hydroxyl groups is 1. The van der Waals surface area contributed by atoms with Gasteiger partial charge in [0.1, 0.15) is 0 Å². The first-order chi connectivity index (χ1) is 9.63. The second-order valence-electron chi connectivity index (χ2n) is 5.78. The van der Waals surface area contributed by atoms with E-state index in [1.54, 1.807) is 13.2 Å². The summed E-state index contributed by atoms with van der Waals surface area (Å²) in [5.41, 5.74) is 0.402. The van der Waals surface area contributed by atoms with Crippen LogP contribution in [0.1, 0.15) is 23.3 Å². The number of carbonyl (C=O) groups is 1. The van der Waals surface area contributed by atoms with Crippen LogP contribution in [0.15, 0.2) is 6.20 Å². The number of aryl methyl sites for hydroxylation is 1. The van der Waals surface area contributed by atoms with Crippen LogP contribution in [0, 0.1) is 5.92 Å². The maximum Gasteiger partial charge on any atom is 0.276 e. The molecule has 110 valence electrons. The Morgan fingerprint density at radius 1 is 1.40 bits per heavy atom. The van der Waals surface area contributed by atoms with Gasteiger partial charge in [0, 0.05) is 39.8 Å². The molecule has 1 amide bonds. The number of carbonyl (C=O) groups excluding carboxylic acids is 1. The fraction of sp³-hybridized carbons (Fsp3) is 0.769. The highest BCUT2D eigenvalue weighted by atomic mass is 16.3. The zero-order valence-corrected chi connectivity index (χ0v) is 11.8. The van der Waals surface area contributed by atoms with Gasteiger partial charge in [-0.05, 0) is 18.8 Å². The molecule has 2 fully saturated rings. The summed E-state index contributed by atoms with van der Waals surface area (Å²) in [7, 11) is 1.75. The van der Waals surface area contributed by atoms with Gasteiger partial charge < -0.3 is 10.0 Å². The van der Waals surface area contributed by atoms with Gasteiger partial charge in [0.05, 0.1) is 12.3 Å². The minimum absolute atomic E-state index is 0.0551. The lowest BCUT2D eigenvalue weighted by Gasteiger charge is -2.35. The average Bonchev–Trinajstić information content (AvgIpc) is 3.21. The monoisotopic (exact) mass is 279 g/mol. The molecule has 7 nitrogen and oxygen atoms in total. The van der Waals surface area contributed by atoms with Crippen molar-refractivity contribution in [2.24, 2.45) is 13.0 Å². The smallest absolute Gasteiger partial charge is 0.276 e. The van der Waals surface area contributed by atoms with E-state index < -0.39 is 0 Å². The quantitative estimate of drug-likeness (QED) is 0.792. The molecule has 0 bridgehead atoms. The number of hydrogen-bond donors (Lipinski definition) is 1. The van der Waals surface area contributed by atoms with Crippen LogP contribution in [0.4, 0.5) is 0 Å². The van der Waals surface area contributed by atoms with E-state index in [0.717, 1.165) is 32.5 Å². The SMILES string of the molecule is Cn1cc(C(=O)N2CCN(C[C@H](O)C3CC3)CC2)nn1. The molecule has 1 aliphatic heterocycles. The maximum atomic E-state index is 12.2. The summed E-state index contributed by atoms with van der Waals surface area (Å²) in [6.07, 6.45) is 3.77. The van der Waals surface area contributed by atoms with Crippen molar-refractivity contribution in [3.8, 4) is 0 Å². The van der Waals surface area contributed by atoms with Crippen LogP contribution in [0.3, 0.4) is 0 Å². The highest BCUT2D eigenvalue weighted by Gasteiger charge is 2.32. The van der Waals surface area contributed by atoms with Gasteiger partial charge in [0.25, 0.3) is 5.91 Å². The summed E-state index contributed by atoms with van der Waals surface area (Å²) in [6, 6.07) is 0. The third-order valence-electron chi connectivity index (χ3n) is 4.09. The average molecular weight is 279 g/mol. The molecule has 1 atom stereocenters. The van der Waals surface area contributed by atoms with Gasteiger partial charge in [-0.2, -0.15) is 0 Å². The van der Waals surface area contributed by atoms with E-state index in [2.05, 4.69) is 15.2 Å².